The Labute approximate surface area is 221 Å². The van der Waals surface area contributed by atoms with E-state index in [1.54, 1.807) is 11.9 Å². The number of hydrogen-bond acceptors (Lipinski definition) is 4. The fourth-order valence-corrected chi connectivity index (χ4v) is 6.15. The van der Waals surface area contributed by atoms with Gasteiger partial charge in [-0.3, -0.25) is 0 Å². The summed E-state index contributed by atoms with van der Waals surface area (Å²) in [6.45, 7) is 7.77. The number of fused-ring (bicyclic) bond motifs is 1. The minimum absolute atomic E-state index is 0.000537. The molecule has 3 aromatic carbocycles. The van der Waals surface area contributed by atoms with Gasteiger partial charge in [0, 0.05) is 23.5 Å². The second-order valence-corrected chi connectivity index (χ2v) is 12.0. The molecule has 190 valence electrons. The van der Waals surface area contributed by atoms with Crippen LogP contribution in [0.15, 0.2) is 83.8 Å². The summed E-state index contributed by atoms with van der Waals surface area (Å²) in [7, 11) is 2.04. The maximum Gasteiger partial charge on any atom is 0.0800 e. The Kier molecular flexibility index (Phi) is 9.08. The standard InChI is InChI=1S/C32H40N2OS/c1-5-9-24-10-8-13-27(18-24)26-14-16-31(17-15-26)36-34(4)23-30(35)22-33-32(2,3)21-25-19-28-11-6-7-12-29(28)20-25/h5-18,25,30,33,35H,19-23H2,1-4H3/b9-5+. The summed E-state index contributed by atoms with van der Waals surface area (Å²) >= 11 is 1.67. The van der Waals surface area contributed by atoms with Gasteiger partial charge in [0.1, 0.15) is 0 Å². The van der Waals surface area contributed by atoms with Crippen molar-refractivity contribution in [1.29, 1.82) is 0 Å². The molecule has 1 aliphatic rings. The van der Waals surface area contributed by atoms with Crippen LogP contribution >= 0.6 is 11.9 Å². The third kappa shape index (κ3) is 7.57. The molecule has 2 N–H and O–H groups in total. The van der Waals surface area contributed by atoms with E-state index >= 15 is 0 Å². The first-order chi connectivity index (χ1) is 17.3. The Morgan fingerprint density at radius 2 is 1.69 bits per heavy atom. The summed E-state index contributed by atoms with van der Waals surface area (Å²) in [5.41, 5.74) is 6.66. The zero-order chi connectivity index (χ0) is 25.5. The lowest BCUT2D eigenvalue weighted by Crippen LogP contribution is -2.46. The number of aliphatic hydroxyl groups is 1. The number of nitrogens with one attached hydrogen (secondary N) is 1. The molecule has 0 saturated carbocycles. The molecule has 0 saturated heterocycles. The fraction of sp³-hybridized carbons (Fsp3) is 0.375. The Balaban J connectivity index is 1.22. The third-order valence-corrected chi connectivity index (χ3v) is 7.86. The van der Waals surface area contributed by atoms with E-state index in [-0.39, 0.29) is 5.54 Å². The van der Waals surface area contributed by atoms with Crippen molar-refractivity contribution in [3.63, 3.8) is 0 Å². The van der Waals surface area contributed by atoms with Crippen LogP contribution in [0.5, 0.6) is 0 Å². The summed E-state index contributed by atoms with van der Waals surface area (Å²) in [6, 6.07) is 26.1. The van der Waals surface area contributed by atoms with E-state index in [9.17, 15) is 5.11 Å². The summed E-state index contributed by atoms with van der Waals surface area (Å²) in [5, 5.41) is 14.3. The van der Waals surface area contributed by atoms with Crippen LogP contribution in [0.3, 0.4) is 0 Å². The van der Waals surface area contributed by atoms with Crippen LogP contribution in [-0.2, 0) is 12.8 Å². The maximum atomic E-state index is 10.7. The second kappa shape index (κ2) is 12.2. The normalized spacial score (nSPS) is 15.1. The summed E-state index contributed by atoms with van der Waals surface area (Å²) in [4.78, 5) is 1.17. The molecular weight excluding hydrogens is 460 g/mol. The molecule has 36 heavy (non-hydrogen) atoms. The van der Waals surface area contributed by atoms with Crippen LogP contribution in [-0.4, -0.2) is 41.2 Å². The summed E-state index contributed by atoms with van der Waals surface area (Å²) in [5.74, 6) is 0.675. The van der Waals surface area contributed by atoms with Crippen molar-refractivity contribution in [3.05, 3.63) is 95.6 Å². The number of aliphatic hydroxyl groups excluding tert-OH is 1. The molecule has 0 spiro atoms. The van der Waals surface area contributed by atoms with E-state index in [0.29, 0.717) is 19.0 Å². The predicted octanol–water partition coefficient (Wildman–Crippen LogP) is 6.86. The number of benzene rings is 3. The molecule has 0 fully saturated rings. The molecule has 3 aromatic rings. The van der Waals surface area contributed by atoms with Crippen LogP contribution in [0.1, 0.15) is 43.9 Å². The summed E-state index contributed by atoms with van der Waals surface area (Å²) < 4.78 is 2.12. The van der Waals surface area contributed by atoms with Gasteiger partial charge in [0.2, 0.25) is 0 Å². The highest BCUT2D eigenvalue weighted by atomic mass is 32.2. The average molecular weight is 501 g/mol. The van der Waals surface area contributed by atoms with Crippen molar-refractivity contribution in [2.24, 2.45) is 5.92 Å². The van der Waals surface area contributed by atoms with Crippen molar-refractivity contribution >= 4 is 18.0 Å². The first kappa shape index (κ1) is 26.7. The van der Waals surface area contributed by atoms with Gasteiger partial charge in [0.25, 0.3) is 0 Å². The fourth-order valence-electron chi connectivity index (χ4n) is 5.28. The molecule has 0 bridgehead atoms. The van der Waals surface area contributed by atoms with Crippen molar-refractivity contribution in [1.82, 2.24) is 9.62 Å². The number of rotatable bonds is 11. The van der Waals surface area contributed by atoms with Gasteiger partial charge in [0.15, 0.2) is 0 Å². The van der Waals surface area contributed by atoms with Crippen LogP contribution in [0.4, 0.5) is 0 Å². The number of β-amino-alcohol motifs (C(OH)–C–C–N with tert-alkyl or cyclic N) is 1. The van der Waals surface area contributed by atoms with E-state index in [0.717, 1.165) is 6.42 Å². The van der Waals surface area contributed by atoms with Crippen LogP contribution in [0.2, 0.25) is 0 Å². The Bertz CT molecular complexity index is 1130. The Morgan fingerprint density at radius 1 is 1.00 bits per heavy atom. The average Bonchev–Trinajstić information content (AvgIpc) is 3.25. The zero-order valence-electron chi connectivity index (χ0n) is 22.1. The maximum absolute atomic E-state index is 10.7. The minimum atomic E-state index is -0.420. The molecule has 1 aliphatic carbocycles. The third-order valence-electron chi connectivity index (χ3n) is 6.91. The zero-order valence-corrected chi connectivity index (χ0v) is 22.9. The first-order valence-electron chi connectivity index (χ1n) is 13.0. The molecular formula is C32H40N2OS. The molecule has 0 amide bonds. The van der Waals surface area contributed by atoms with Gasteiger partial charge in [-0.05, 0) is 111 Å². The SMILES string of the molecule is C/C=C/c1cccc(-c2ccc(SN(C)CC(O)CNC(C)(C)CC3Cc4ccccc4C3)cc2)c1. The van der Waals surface area contributed by atoms with Gasteiger partial charge in [-0.25, -0.2) is 4.31 Å². The van der Waals surface area contributed by atoms with Crippen LogP contribution in [0, 0.1) is 5.92 Å². The Morgan fingerprint density at radius 3 is 2.36 bits per heavy atom. The molecule has 4 heteroatoms. The van der Waals surface area contributed by atoms with Gasteiger partial charge < -0.3 is 10.4 Å². The van der Waals surface area contributed by atoms with Crippen molar-refractivity contribution < 1.29 is 5.11 Å². The highest BCUT2D eigenvalue weighted by molar-refractivity contribution is 7.97. The van der Waals surface area contributed by atoms with E-state index in [1.807, 2.05) is 14.0 Å². The second-order valence-electron chi connectivity index (χ2n) is 10.7. The topological polar surface area (TPSA) is 35.5 Å². The van der Waals surface area contributed by atoms with E-state index in [1.165, 1.54) is 45.6 Å². The molecule has 1 unspecified atom stereocenters. The quantitative estimate of drug-likeness (QED) is 0.282. The van der Waals surface area contributed by atoms with Gasteiger partial charge >= 0.3 is 0 Å². The number of allylic oxidation sites excluding steroid dienone is 1. The minimum Gasteiger partial charge on any atom is -0.390 e. The molecule has 3 nitrogen and oxygen atoms in total. The van der Waals surface area contributed by atoms with Gasteiger partial charge in [-0.1, -0.05) is 66.7 Å². The lowest BCUT2D eigenvalue weighted by Gasteiger charge is -2.31. The van der Waals surface area contributed by atoms with Gasteiger partial charge in [-0.15, -0.1) is 0 Å². The van der Waals surface area contributed by atoms with Crippen molar-refractivity contribution in [3.8, 4) is 11.1 Å². The Hall–Kier alpha value is -2.37. The smallest absolute Gasteiger partial charge is 0.0800 e. The van der Waals surface area contributed by atoms with Gasteiger partial charge in [0.05, 0.1) is 6.10 Å². The number of nitrogens with zero attached hydrogens (tertiary/aromatic N) is 1. The summed E-state index contributed by atoms with van der Waals surface area (Å²) in [6.07, 6.45) is 7.22. The van der Waals surface area contributed by atoms with Crippen molar-refractivity contribution in [2.75, 3.05) is 20.1 Å². The first-order valence-corrected chi connectivity index (χ1v) is 13.8. The number of likely N-dealkylation sites (N-methyl/N-ethyl adjacent to an activating group) is 1. The largest absolute Gasteiger partial charge is 0.390 e. The molecule has 0 aromatic heterocycles. The van der Waals surface area contributed by atoms with Crippen LogP contribution < -0.4 is 5.32 Å². The lowest BCUT2D eigenvalue weighted by molar-refractivity contribution is 0.138. The van der Waals surface area contributed by atoms with E-state index in [2.05, 4.69) is 108 Å². The van der Waals surface area contributed by atoms with Crippen molar-refractivity contribution in [2.45, 2.75) is 56.6 Å². The van der Waals surface area contributed by atoms with Crippen LogP contribution in [0.25, 0.3) is 17.2 Å². The molecule has 0 radical (unpaired) electrons. The van der Waals surface area contributed by atoms with E-state index < -0.39 is 6.10 Å². The highest BCUT2D eigenvalue weighted by Crippen LogP contribution is 2.32. The predicted molar refractivity (Wildman–Crippen MR) is 155 cm³/mol. The van der Waals surface area contributed by atoms with E-state index in [4.69, 9.17) is 0 Å². The lowest BCUT2D eigenvalue weighted by atomic mass is 9.88. The highest BCUT2D eigenvalue weighted by Gasteiger charge is 2.28. The molecule has 1 atom stereocenters. The number of hydrogen-bond donors (Lipinski definition) is 2. The van der Waals surface area contributed by atoms with Gasteiger partial charge in [-0.2, -0.15) is 0 Å². The molecule has 0 aliphatic heterocycles. The molecule has 0 heterocycles. The molecule has 4 rings (SSSR count). The monoisotopic (exact) mass is 500 g/mol.